The molecule has 0 aromatic rings. The first-order chi connectivity index (χ1) is 19.8. The lowest BCUT2D eigenvalue weighted by Gasteiger charge is -2.30. The fourth-order valence-electron chi connectivity index (χ4n) is 4.99. The average molecular weight is 584 g/mol. The van der Waals surface area contributed by atoms with Gasteiger partial charge in [-0.25, -0.2) is 0 Å². The van der Waals surface area contributed by atoms with E-state index in [0.29, 0.717) is 12.0 Å². The number of carbonyl (C=O) groups excluding carboxylic acids is 3. The lowest BCUT2D eigenvalue weighted by molar-refractivity contribution is -0.120. The van der Waals surface area contributed by atoms with E-state index in [1.807, 2.05) is 26.8 Å². The minimum atomic E-state index is -0.899. The topological polar surface area (TPSA) is 149 Å². The van der Waals surface area contributed by atoms with Crippen molar-refractivity contribution in [3.05, 3.63) is 83.6 Å². The van der Waals surface area contributed by atoms with E-state index in [0.717, 1.165) is 11.6 Å². The second-order valence-electron chi connectivity index (χ2n) is 10.7. The Labute approximate surface area is 248 Å². The number of rotatable bonds is 7. The van der Waals surface area contributed by atoms with Gasteiger partial charge in [-0.15, -0.1) is 6.58 Å². The maximum atomic E-state index is 13.6. The minimum absolute atomic E-state index is 0.000604. The molecule has 0 saturated carbocycles. The van der Waals surface area contributed by atoms with E-state index < -0.39 is 41.9 Å². The van der Waals surface area contributed by atoms with Crippen LogP contribution in [0.5, 0.6) is 0 Å². The van der Waals surface area contributed by atoms with E-state index in [1.165, 1.54) is 14.2 Å². The highest BCUT2D eigenvalue weighted by atomic mass is 16.5. The van der Waals surface area contributed by atoms with Gasteiger partial charge in [-0.1, -0.05) is 44.2 Å². The summed E-state index contributed by atoms with van der Waals surface area (Å²) in [5, 5.41) is 16.8. The molecule has 42 heavy (non-hydrogen) atoms. The van der Waals surface area contributed by atoms with Gasteiger partial charge in [0.25, 0.3) is 5.91 Å². The summed E-state index contributed by atoms with van der Waals surface area (Å²) in [6.07, 6.45) is 7.33. The molecule has 10 nitrogen and oxygen atoms in total. The van der Waals surface area contributed by atoms with E-state index in [9.17, 15) is 19.5 Å². The SMILES string of the molecule is C=CCNC1=C2C[C@@H](C)C[C@H](OC)[C@H](O)[C@@H](C)/C=C(\C)[C@H](OC(=C)N)[C@@H](OC)/C=C\C=C(/C)C(=O)NC(=CC1=O)C2=O. The fourth-order valence-corrected chi connectivity index (χ4v) is 4.99. The summed E-state index contributed by atoms with van der Waals surface area (Å²) < 4.78 is 17.1. The summed E-state index contributed by atoms with van der Waals surface area (Å²) in [6, 6.07) is 0. The number of amides is 1. The Hall–Kier alpha value is -3.73. The predicted octanol–water partition coefficient (Wildman–Crippen LogP) is 2.89. The average Bonchev–Trinajstić information content (AvgIpc) is 2.94. The molecule has 0 aromatic carbocycles. The van der Waals surface area contributed by atoms with Gasteiger partial charge in [-0.3, -0.25) is 14.4 Å². The monoisotopic (exact) mass is 583 g/mol. The van der Waals surface area contributed by atoms with Crippen molar-refractivity contribution >= 4 is 17.5 Å². The number of nitrogens with one attached hydrogen (secondary N) is 2. The summed E-state index contributed by atoms with van der Waals surface area (Å²) in [7, 11) is 3.03. The third-order valence-electron chi connectivity index (χ3n) is 7.25. The number of hydrogen-bond donors (Lipinski definition) is 4. The number of aliphatic hydroxyl groups excluding tert-OH is 1. The smallest absolute Gasteiger partial charge is 0.251 e. The fraction of sp³-hybridized carbons (Fsp3) is 0.469. The van der Waals surface area contributed by atoms with Crippen LogP contribution in [-0.4, -0.2) is 67.8 Å². The van der Waals surface area contributed by atoms with Crippen LogP contribution in [0.4, 0.5) is 0 Å². The van der Waals surface area contributed by atoms with Crippen molar-refractivity contribution in [1.82, 2.24) is 10.6 Å². The summed E-state index contributed by atoms with van der Waals surface area (Å²) in [6.45, 7) is 14.8. The quantitative estimate of drug-likeness (QED) is 0.202. The van der Waals surface area contributed by atoms with Crippen LogP contribution >= 0.6 is 0 Å². The van der Waals surface area contributed by atoms with Gasteiger partial charge in [-0.2, -0.15) is 0 Å². The number of nitrogens with two attached hydrogens (primary N) is 1. The number of ketones is 2. The molecule has 1 aliphatic heterocycles. The molecule has 0 spiro atoms. The molecule has 2 rings (SSSR count). The molecular formula is C32H45N3O7. The molecule has 6 atom stereocenters. The normalized spacial score (nSPS) is 31.6. The Morgan fingerprint density at radius 1 is 1.21 bits per heavy atom. The standard InChI is InChI=1S/C32H45N3O7/c1-9-13-34-28-23-14-18(2)15-27(41-8)29(37)20(4)16-21(5)31(42-22(6)33)26(40-7)12-10-11-19(3)32(39)35-24(30(23)38)17-25(28)36/h9-12,16-18,20,26-27,29,31,34,37H,1,6,13-15,33H2,2-5,7-8H3,(H,35,39)/b12-10-,19-11+,21-16+/t18-,20+,26+,27+,29-,31+/m1/s1. The second kappa shape index (κ2) is 16.1. The molecule has 230 valence electrons. The molecule has 5 N–H and O–H groups in total. The maximum Gasteiger partial charge on any atom is 0.251 e. The Balaban J connectivity index is 2.62. The number of Topliss-reactive ketones (excluding diaryl/α,β-unsaturated/α-hetero) is 1. The molecule has 1 amide bonds. The highest BCUT2D eigenvalue weighted by molar-refractivity contribution is 6.23. The van der Waals surface area contributed by atoms with Crippen LogP contribution in [0.25, 0.3) is 0 Å². The van der Waals surface area contributed by atoms with Gasteiger partial charge < -0.3 is 35.7 Å². The van der Waals surface area contributed by atoms with Gasteiger partial charge in [0, 0.05) is 43.9 Å². The van der Waals surface area contributed by atoms with Crippen LogP contribution in [0.3, 0.4) is 0 Å². The first-order valence-electron chi connectivity index (χ1n) is 13.9. The first-order valence-corrected chi connectivity index (χ1v) is 13.9. The Bertz CT molecular complexity index is 1210. The Kier molecular flexibility index (Phi) is 13.2. The highest BCUT2D eigenvalue weighted by Crippen LogP contribution is 2.29. The first kappa shape index (κ1) is 34.5. The summed E-state index contributed by atoms with van der Waals surface area (Å²) in [5.41, 5.74) is 7.15. The molecule has 2 aliphatic rings. The zero-order chi connectivity index (χ0) is 31.6. The van der Waals surface area contributed by atoms with Crippen LogP contribution in [0.1, 0.15) is 40.5 Å². The predicted molar refractivity (Wildman–Crippen MR) is 161 cm³/mol. The van der Waals surface area contributed by atoms with Gasteiger partial charge in [0.1, 0.15) is 6.10 Å². The Morgan fingerprint density at radius 3 is 2.50 bits per heavy atom. The summed E-state index contributed by atoms with van der Waals surface area (Å²) >= 11 is 0. The largest absolute Gasteiger partial charge is 0.469 e. The highest BCUT2D eigenvalue weighted by Gasteiger charge is 2.33. The lowest BCUT2D eigenvalue weighted by Crippen LogP contribution is -2.37. The van der Waals surface area contributed by atoms with Crippen molar-refractivity contribution in [3.63, 3.8) is 0 Å². The third kappa shape index (κ3) is 9.14. The van der Waals surface area contributed by atoms with E-state index in [-0.39, 0.29) is 47.7 Å². The molecule has 0 unspecified atom stereocenters. The van der Waals surface area contributed by atoms with Crippen molar-refractivity contribution in [2.45, 2.75) is 65.0 Å². The molecule has 1 heterocycles. The molecule has 0 saturated heterocycles. The summed E-state index contributed by atoms with van der Waals surface area (Å²) in [4.78, 5) is 39.6. The second-order valence-corrected chi connectivity index (χ2v) is 10.7. The van der Waals surface area contributed by atoms with Gasteiger partial charge in [0.2, 0.25) is 11.6 Å². The van der Waals surface area contributed by atoms with Crippen LogP contribution < -0.4 is 16.4 Å². The van der Waals surface area contributed by atoms with Gasteiger partial charge in [-0.05, 0) is 44.8 Å². The maximum absolute atomic E-state index is 13.6. The van der Waals surface area contributed by atoms with E-state index in [4.69, 9.17) is 19.9 Å². The molecule has 0 fully saturated rings. The number of carbonyl (C=O) groups is 3. The zero-order valence-electron chi connectivity index (χ0n) is 25.4. The number of fused-ring (bicyclic) bond motifs is 2. The van der Waals surface area contributed by atoms with Crippen molar-refractivity contribution in [3.8, 4) is 0 Å². The van der Waals surface area contributed by atoms with Crippen LogP contribution in [0, 0.1) is 11.8 Å². The van der Waals surface area contributed by atoms with Crippen LogP contribution in [0.15, 0.2) is 83.6 Å². The molecule has 10 heteroatoms. The van der Waals surface area contributed by atoms with E-state index in [2.05, 4.69) is 23.8 Å². The lowest BCUT2D eigenvalue weighted by atomic mass is 9.85. The number of methoxy groups -OCH3 is 2. The summed E-state index contributed by atoms with van der Waals surface area (Å²) in [5.74, 6) is -1.95. The van der Waals surface area contributed by atoms with Crippen LogP contribution in [-0.2, 0) is 28.6 Å². The van der Waals surface area contributed by atoms with E-state index in [1.54, 1.807) is 31.2 Å². The number of aliphatic hydroxyl groups is 1. The number of hydrogen-bond acceptors (Lipinski definition) is 9. The van der Waals surface area contributed by atoms with E-state index >= 15 is 0 Å². The number of allylic oxidation sites excluding steroid dienone is 4. The van der Waals surface area contributed by atoms with Crippen molar-refractivity contribution < 1.29 is 33.7 Å². The van der Waals surface area contributed by atoms with Gasteiger partial charge in [0.05, 0.1) is 23.6 Å². The van der Waals surface area contributed by atoms with Crippen molar-refractivity contribution in [2.75, 3.05) is 20.8 Å². The van der Waals surface area contributed by atoms with Gasteiger partial charge in [0.15, 0.2) is 12.0 Å². The zero-order valence-corrected chi connectivity index (χ0v) is 25.4. The van der Waals surface area contributed by atoms with Gasteiger partial charge >= 0.3 is 0 Å². The molecule has 1 aliphatic carbocycles. The van der Waals surface area contributed by atoms with Crippen molar-refractivity contribution in [1.29, 1.82) is 0 Å². The molecular weight excluding hydrogens is 538 g/mol. The minimum Gasteiger partial charge on any atom is -0.469 e. The molecule has 2 bridgehead atoms. The molecule has 0 aromatic heterocycles. The van der Waals surface area contributed by atoms with Crippen molar-refractivity contribution in [2.24, 2.45) is 17.6 Å². The molecule has 0 radical (unpaired) electrons. The third-order valence-corrected chi connectivity index (χ3v) is 7.25. The number of ether oxygens (including phenoxy) is 3. The van der Waals surface area contributed by atoms with Crippen LogP contribution in [0.2, 0.25) is 0 Å². The Morgan fingerprint density at radius 2 is 1.90 bits per heavy atom.